The van der Waals surface area contributed by atoms with E-state index < -0.39 is 0 Å². The summed E-state index contributed by atoms with van der Waals surface area (Å²) in [6.07, 6.45) is 3.13. The van der Waals surface area contributed by atoms with Crippen molar-refractivity contribution in [3.8, 4) is 16.1 Å². The quantitative estimate of drug-likeness (QED) is 0.769. The van der Waals surface area contributed by atoms with Crippen LogP contribution in [-0.4, -0.2) is 25.7 Å². The van der Waals surface area contributed by atoms with Gasteiger partial charge < -0.3 is 5.32 Å². The molecule has 3 aromatic rings. The molecule has 2 heterocycles. The van der Waals surface area contributed by atoms with Crippen molar-refractivity contribution < 1.29 is 4.79 Å². The first-order valence-electron chi connectivity index (χ1n) is 6.10. The van der Waals surface area contributed by atoms with Crippen molar-refractivity contribution >= 4 is 22.4 Å². The number of carbonyl (C=O) groups is 1. The van der Waals surface area contributed by atoms with E-state index in [0.29, 0.717) is 5.13 Å². The molecule has 0 fully saturated rings. The third kappa shape index (κ3) is 2.75. The van der Waals surface area contributed by atoms with E-state index in [4.69, 9.17) is 0 Å². The van der Waals surface area contributed by atoms with Crippen molar-refractivity contribution in [3.05, 3.63) is 47.3 Å². The maximum Gasteiger partial charge on any atom is 0.347 e. The minimum Gasteiger partial charge on any atom is -0.302 e. The van der Waals surface area contributed by atoms with Crippen LogP contribution in [0, 0.1) is 0 Å². The van der Waals surface area contributed by atoms with Crippen LogP contribution in [-0.2, 0) is 4.79 Å². The molecule has 8 heteroatoms. The smallest absolute Gasteiger partial charge is 0.302 e. The number of H-pyrrole nitrogens is 1. The second-order valence-corrected chi connectivity index (χ2v) is 5.32. The van der Waals surface area contributed by atoms with Crippen LogP contribution in [0.4, 0.5) is 5.13 Å². The summed E-state index contributed by atoms with van der Waals surface area (Å²) in [7, 11) is 0. The second kappa shape index (κ2) is 5.33. The minimum absolute atomic E-state index is 0.148. The van der Waals surface area contributed by atoms with Crippen molar-refractivity contribution in [1.82, 2.24) is 19.7 Å². The van der Waals surface area contributed by atoms with Gasteiger partial charge in [0.2, 0.25) is 5.91 Å². The molecule has 21 heavy (non-hydrogen) atoms. The van der Waals surface area contributed by atoms with Gasteiger partial charge in [-0.2, -0.15) is 5.10 Å². The zero-order valence-electron chi connectivity index (χ0n) is 11.0. The summed E-state index contributed by atoms with van der Waals surface area (Å²) in [5.74, 6) is -0.148. The van der Waals surface area contributed by atoms with Crippen LogP contribution in [0.2, 0.25) is 0 Å². The van der Waals surface area contributed by atoms with Gasteiger partial charge in [-0.25, -0.2) is 19.4 Å². The Kier molecular flexibility index (Phi) is 3.36. The molecule has 2 N–H and O–H groups in total. The molecule has 0 aliphatic heterocycles. The van der Waals surface area contributed by atoms with Crippen LogP contribution in [0.15, 0.2) is 41.6 Å². The molecule has 1 aromatic carbocycles. The van der Waals surface area contributed by atoms with Gasteiger partial charge in [-0.3, -0.25) is 4.79 Å². The highest BCUT2D eigenvalue weighted by atomic mass is 32.1. The molecule has 0 spiro atoms. The number of aromatic nitrogens is 4. The van der Waals surface area contributed by atoms with Gasteiger partial charge in [0.25, 0.3) is 0 Å². The van der Waals surface area contributed by atoms with Gasteiger partial charge in [0.15, 0.2) is 5.13 Å². The fraction of sp³-hybridized carbons (Fsp3) is 0.0769. The second-order valence-electron chi connectivity index (χ2n) is 4.29. The van der Waals surface area contributed by atoms with Crippen molar-refractivity contribution in [1.29, 1.82) is 0 Å². The summed E-state index contributed by atoms with van der Waals surface area (Å²) >= 11 is 1.39. The summed E-state index contributed by atoms with van der Waals surface area (Å²) in [5, 5.41) is 9.24. The lowest BCUT2D eigenvalue weighted by Gasteiger charge is -2.01. The monoisotopic (exact) mass is 301 g/mol. The minimum atomic E-state index is -0.284. The maximum absolute atomic E-state index is 11.5. The normalized spacial score (nSPS) is 10.5. The number of carbonyl (C=O) groups excluding carboxylic acids is 1. The van der Waals surface area contributed by atoms with Crippen molar-refractivity contribution in [3.63, 3.8) is 0 Å². The number of hydrogen-bond acceptors (Lipinski definition) is 5. The van der Waals surface area contributed by atoms with E-state index in [9.17, 15) is 9.59 Å². The predicted molar refractivity (Wildman–Crippen MR) is 79.6 cm³/mol. The molecule has 0 saturated heterocycles. The highest BCUT2D eigenvalue weighted by molar-refractivity contribution is 7.19. The lowest BCUT2D eigenvalue weighted by molar-refractivity contribution is -0.114. The molecule has 0 saturated carbocycles. The Balaban J connectivity index is 1.87. The maximum atomic E-state index is 11.5. The lowest BCUT2D eigenvalue weighted by atomic mass is 10.2. The topological polar surface area (TPSA) is 92.7 Å². The van der Waals surface area contributed by atoms with E-state index in [2.05, 4.69) is 20.5 Å². The Morgan fingerprint density at radius 2 is 2.10 bits per heavy atom. The third-order valence-electron chi connectivity index (χ3n) is 2.77. The highest BCUT2D eigenvalue weighted by Crippen LogP contribution is 2.29. The van der Waals surface area contributed by atoms with Gasteiger partial charge in [0, 0.05) is 13.1 Å². The SMILES string of the molecule is CC(=O)Nc1ncc(-c2ccc(-n3cn[nH]c3=O)cc2)s1. The predicted octanol–water partition coefficient (Wildman–Crippen LogP) is 1.64. The first kappa shape index (κ1) is 13.3. The molecule has 7 nitrogen and oxygen atoms in total. The summed E-state index contributed by atoms with van der Waals surface area (Å²) in [4.78, 5) is 27.5. The van der Waals surface area contributed by atoms with Crippen LogP contribution < -0.4 is 11.0 Å². The number of nitrogens with one attached hydrogen (secondary N) is 2. The Morgan fingerprint density at radius 3 is 2.71 bits per heavy atom. The van der Waals surface area contributed by atoms with Gasteiger partial charge >= 0.3 is 5.69 Å². The van der Waals surface area contributed by atoms with Crippen molar-refractivity contribution in [2.24, 2.45) is 0 Å². The van der Waals surface area contributed by atoms with E-state index in [1.54, 1.807) is 6.20 Å². The fourth-order valence-corrected chi connectivity index (χ4v) is 2.70. The zero-order chi connectivity index (χ0) is 14.8. The van der Waals surface area contributed by atoms with Crippen LogP contribution in [0.3, 0.4) is 0 Å². The number of aromatic amines is 1. The first-order valence-corrected chi connectivity index (χ1v) is 6.91. The number of benzene rings is 1. The molecule has 0 bridgehead atoms. The largest absolute Gasteiger partial charge is 0.347 e. The number of hydrogen-bond donors (Lipinski definition) is 2. The Bertz CT molecular complexity index is 831. The first-order chi connectivity index (χ1) is 10.1. The molecule has 0 unspecified atom stereocenters. The summed E-state index contributed by atoms with van der Waals surface area (Å²) in [5.41, 5.74) is 1.40. The third-order valence-corrected chi connectivity index (χ3v) is 3.73. The van der Waals surface area contributed by atoms with Gasteiger partial charge in [0.1, 0.15) is 6.33 Å². The van der Waals surface area contributed by atoms with Crippen molar-refractivity contribution in [2.75, 3.05) is 5.32 Å². The van der Waals surface area contributed by atoms with Crippen LogP contribution in [0.5, 0.6) is 0 Å². The number of thiazole rings is 1. The molecule has 1 amide bonds. The van der Waals surface area contributed by atoms with E-state index in [1.165, 1.54) is 29.2 Å². The lowest BCUT2D eigenvalue weighted by Crippen LogP contribution is -2.13. The standard InChI is InChI=1S/C13H11N5O2S/c1-8(19)16-12-14-6-11(21-12)9-2-4-10(5-3-9)18-7-15-17-13(18)20/h2-7H,1H3,(H,17,20)(H,14,16,19). The van der Waals surface area contributed by atoms with Gasteiger partial charge in [-0.15, -0.1) is 0 Å². The molecule has 0 radical (unpaired) electrons. The molecule has 106 valence electrons. The molecule has 2 aromatic heterocycles. The Hall–Kier alpha value is -2.74. The van der Waals surface area contributed by atoms with E-state index >= 15 is 0 Å². The molecule has 0 aliphatic rings. The molecule has 3 rings (SSSR count). The summed E-state index contributed by atoms with van der Waals surface area (Å²) in [6, 6.07) is 7.42. The molecular weight excluding hydrogens is 290 g/mol. The number of amides is 1. The Morgan fingerprint density at radius 1 is 1.33 bits per heavy atom. The van der Waals surface area contributed by atoms with Crippen LogP contribution >= 0.6 is 11.3 Å². The summed E-state index contributed by atoms with van der Waals surface area (Å²) < 4.78 is 1.42. The highest BCUT2D eigenvalue weighted by Gasteiger charge is 2.06. The van der Waals surface area contributed by atoms with Crippen LogP contribution in [0.1, 0.15) is 6.92 Å². The van der Waals surface area contributed by atoms with E-state index in [-0.39, 0.29) is 11.6 Å². The number of anilines is 1. The van der Waals surface area contributed by atoms with Gasteiger partial charge in [-0.05, 0) is 17.7 Å². The fourth-order valence-electron chi connectivity index (χ4n) is 1.83. The Labute approximate surface area is 123 Å². The average molecular weight is 301 g/mol. The molecule has 0 aliphatic carbocycles. The van der Waals surface area contributed by atoms with Crippen LogP contribution in [0.25, 0.3) is 16.1 Å². The van der Waals surface area contributed by atoms with E-state index in [1.807, 2.05) is 24.3 Å². The van der Waals surface area contributed by atoms with Crippen molar-refractivity contribution in [2.45, 2.75) is 6.92 Å². The number of nitrogens with zero attached hydrogens (tertiary/aromatic N) is 3. The van der Waals surface area contributed by atoms with Gasteiger partial charge in [0.05, 0.1) is 10.6 Å². The summed E-state index contributed by atoms with van der Waals surface area (Å²) in [6.45, 7) is 1.44. The zero-order valence-corrected chi connectivity index (χ0v) is 11.8. The molecule has 0 atom stereocenters. The van der Waals surface area contributed by atoms with E-state index in [0.717, 1.165) is 16.1 Å². The number of rotatable bonds is 3. The van der Waals surface area contributed by atoms with Gasteiger partial charge in [-0.1, -0.05) is 23.5 Å². The average Bonchev–Trinajstić information content (AvgIpc) is 3.07. The molecular formula is C13H11N5O2S.